The average molecular weight is 241 g/mol. The van der Waals surface area contributed by atoms with Gasteiger partial charge in [-0.15, -0.1) is 11.3 Å². The van der Waals surface area contributed by atoms with Crippen molar-refractivity contribution in [1.29, 1.82) is 0 Å². The van der Waals surface area contributed by atoms with Crippen LogP contribution in [0.2, 0.25) is 4.34 Å². The van der Waals surface area contributed by atoms with Crippen molar-refractivity contribution in [1.82, 2.24) is 0 Å². The summed E-state index contributed by atoms with van der Waals surface area (Å²) in [4.78, 5) is 8.36. The van der Waals surface area contributed by atoms with Crippen molar-refractivity contribution in [2.75, 3.05) is 0 Å². The van der Waals surface area contributed by atoms with Crippen LogP contribution in [0.5, 0.6) is 0 Å². The van der Waals surface area contributed by atoms with Crippen LogP contribution in [-0.4, -0.2) is 11.6 Å². The van der Waals surface area contributed by atoms with Gasteiger partial charge in [-0.25, -0.2) is 0 Å². The number of halogens is 1. The molecule has 4 heteroatoms. The number of benzene rings is 1. The molecule has 0 fully saturated rings. The maximum Gasteiger partial charge on any atom is 0.290 e. The Balaban J connectivity index is 0.000000337. The number of carbonyl (C=O) groups is 1. The van der Waals surface area contributed by atoms with Crippen LogP contribution in [0.3, 0.4) is 0 Å². The molecule has 0 aliphatic heterocycles. The number of hydrogen-bond donors (Lipinski definition) is 1. The molecule has 0 bridgehead atoms. The Bertz CT molecular complexity index is 412. The maximum atomic E-state index is 8.36. The van der Waals surface area contributed by atoms with Gasteiger partial charge >= 0.3 is 0 Å². The number of carboxylic acid groups (broad SMARTS) is 1. The van der Waals surface area contributed by atoms with Gasteiger partial charge in [0, 0.05) is 5.56 Å². The van der Waals surface area contributed by atoms with Crippen molar-refractivity contribution >= 4 is 29.4 Å². The number of thiophene rings is 1. The fourth-order valence-corrected chi connectivity index (χ4v) is 2.08. The molecule has 15 heavy (non-hydrogen) atoms. The lowest BCUT2D eigenvalue weighted by Gasteiger charge is -1.96. The highest BCUT2D eigenvalue weighted by Gasteiger charge is 2.02. The van der Waals surface area contributed by atoms with Crippen molar-refractivity contribution in [2.45, 2.75) is 0 Å². The van der Waals surface area contributed by atoms with E-state index in [-0.39, 0.29) is 6.47 Å². The van der Waals surface area contributed by atoms with Crippen molar-refractivity contribution < 1.29 is 9.90 Å². The van der Waals surface area contributed by atoms with Crippen LogP contribution in [0.4, 0.5) is 0 Å². The summed E-state index contributed by atoms with van der Waals surface area (Å²) in [5.74, 6) is 0. The van der Waals surface area contributed by atoms with Gasteiger partial charge in [0.2, 0.25) is 0 Å². The van der Waals surface area contributed by atoms with Crippen molar-refractivity contribution in [3.8, 4) is 11.1 Å². The molecule has 0 aliphatic carbocycles. The largest absolute Gasteiger partial charge is 0.483 e. The van der Waals surface area contributed by atoms with E-state index in [1.54, 1.807) is 11.3 Å². The third kappa shape index (κ3) is 3.38. The van der Waals surface area contributed by atoms with Crippen molar-refractivity contribution in [3.05, 3.63) is 46.1 Å². The minimum atomic E-state index is -0.250. The Morgan fingerprint density at radius 2 is 1.80 bits per heavy atom. The second-order valence-corrected chi connectivity index (χ2v) is 4.10. The molecule has 0 unspecified atom stereocenters. The molecule has 1 heterocycles. The predicted octanol–water partition coefficient (Wildman–Crippen LogP) is 3.77. The van der Waals surface area contributed by atoms with Crippen LogP contribution in [0, 0.1) is 0 Å². The van der Waals surface area contributed by atoms with Gasteiger partial charge in [0.25, 0.3) is 6.47 Å². The Labute approximate surface area is 96.8 Å². The van der Waals surface area contributed by atoms with Crippen molar-refractivity contribution in [3.63, 3.8) is 0 Å². The number of hydrogen-bond acceptors (Lipinski definition) is 2. The first-order chi connectivity index (χ1) is 7.29. The summed E-state index contributed by atoms with van der Waals surface area (Å²) in [5.41, 5.74) is 2.31. The Hall–Kier alpha value is -1.32. The summed E-state index contributed by atoms with van der Waals surface area (Å²) in [6.45, 7) is -0.250. The molecule has 1 aromatic carbocycles. The average Bonchev–Trinajstić information content (AvgIpc) is 2.67. The quantitative estimate of drug-likeness (QED) is 0.771. The van der Waals surface area contributed by atoms with E-state index in [9.17, 15) is 0 Å². The summed E-state index contributed by atoms with van der Waals surface area (Å²) in [7, 11) is 0. The first-order valence-electron chi connectivity index (χ1n) is 4.16. The molecule has 0 atom stereocenters. The lowest BCUT2D eigenvalue weighted by molar-refractivity contribution is -0.122. The summed E-state index contributed by atoms with van der Waals surface area (Å²) in [5, 5.41) is 8.89. The normalized spacial score (nSPS) is 8.87. The fourth-order valence-electron chi connectivity index (χ4n) is 1.12. The first-order valence-corrected chi connectivity index (χ1v) is 5.41. The monoisotopic (exact) mass is 240 g/mol. The molecule has 0 amide bonds. The summed E-state index contributed by atoms with van der Waals surface area (Å²) in [6.07, 6.45) is 0. The highest BCUT2D eigenvalue weighted by atomic mass is 35.5. The summed E-state index contributed by atoms with van der Waals surface area (Å²) >= 11 is 7.56. The second kappa shape index (κ2) is 6.22. The van der Waals surface area contributed by atoms with Crippen LogP contribution in [0.25, 0.3) is 11.1 Å². The third-order valence-corrected chi connectivity index (χ3v) is 2.87. The lowest BCUT2D eigenvalue weighted by Crippen LogP contribution is -1.71. The summed E-state index contributed by atoms with van der Waals surface area (Å²) < 4.78 is 0.862. The van der Waals surface area contributed by atoms with Gasteiger partial charge in [0.1, 0.15) is 4.34 Å². The van der Waals surface area contributed by atoms with Gasteiger partial charge < -0.3 is 5.11 Å². The van der Waals surface area contributed by atoms with E-state index in [0.29, 0.717) is 0 Å². The highest BCUT2D eigenvalue weighted by molar-refractivity contribution is 7.15. The van der Waals surface area contributed by atoms with E-state index in [1.807, 2.05) is 29.6 Å². The Morgan fingerprint density at radius 3 is 2.27 bits per heavy atom. The smallest absolute Gasteiger partial charge is 0.290 e. The standard InChI is InChI=1S/C10H7ClS.CH2O2/c11-10-9(6-7-12-10)8-4-2-1-3-5-8;2-1-3/h1-7H;1H,(H,2,3). The van der Waals surface area contributed by atoms with E-state index in [4.69, 9.17) is 21.5 Å². The molecule has 0 aliphatic rings. The van der Waals surface area contributed by atoms with Crippen LogP contribution in [0.1, 0.15) is 0 Å². The molecule has 0 saturated carbocycles. The molecule has 2 aromatic rings. The number of rotatable bonds is 1. The van der Waals surface area contributed by atoms with Crippen LogP contribution in [0.15, 0.2) is 41.8 Å². The van der Waals surface area contributed by atoms with Gasteiger partial charge in [0.05, 0.1) is 0 Å². The lowest BCUT2D eigenvalue weighted by atomic mass is 10.1. The van der Waals surface area contributed by atoms with Crippen LogP contribution in [-0.2, 0) is 4.79 Å². The molecule has 2 nitrogen and oxygen atoms in total. The molecular formula is C11H9ClO2S. The summed E-state index contributed by atoms with van der Waals surface area (Å²) in [6, 6.07) is 12.2. The van der Waals surface area contributed by atoms with E-state index in [1.165, 1.54) is 5.56 Å². The SMILES string of the molecule is Clc1sccc1-c1ccccc1.O=CO. The van der Waals surface area contributed by atoms with Gasteiger partial charge in [0.15, 0.2) is 0 Å². The van der Waals surface area contributed by atoms with E-state index < -0.39 is 0 Å². The van der Waals surface area contributed by atoms with Gasteiger partial charge in [-0.1, -0.05) is 41.9 Å². The Kier molecular flexibility index (Phi) is 4.87. The molecule has 0 saturated heterocycles. The van der Waals surface area contributed by atoms with Gasteiger partial charge in [-0.3, -0.25) is 4.79 Å². The van der Waals surface area contributed by atoms with Gasteiger partial charge in [-0.2, -0.15) is 0 Å². The zero-order chi connectivity index (χ0) is 11.1. The molecule has 1 N–H and O–H groups in total. The second-order valence-electron chi connectivity index (χ2n) is 2.58. The molecule has 0 spiro atoms. The Morgan fingerprint density at radius 1 is 1.20 bits per heavy atom. The molecule has 0 radical (unpaired) electrons. The van der Waals surface area contributed by atoms with Gasteiger partial charge in [-0.05, 0) is 17.0 Å². The zero-order valence-corrected chi connectivity index (χ0v) is 9.33. The fraction of sp³-hybridized carbons (Fsp3) is 0. The highest BCUT2D eigenvalue weighted by Crippen LogP contribution is 2.31. The topological polar surface area (TPSA) is 37.3 Å². The van der Waals surface area contributed by atoms with Crippen molar-refractivity contribution in [2.24, 2.45) is 0 Å². The first kappa shape index (κ1) is 11.8. The maximum absolute atomic E-state index is 8.36. The van der Waals surface area contributed by atoms with E-state index in [0.717, 1.165) is 9.90 Å². The van der Waals surface area contributed by atoms with E-state index in [2.05, 4.69) is 12.1 Å². The minimum Gasteiger partial charge on any atom is -0.483 e. The molecule has 2 rings (SSSR count). The van der Waals surface area contributed by atoms with E-state index >= 15 is 0 Å². The predicted molar refractivity (Wildman–Crippen MR) is 63.5 cm³/mol. The minimum absolute atomic E-state index is 0.250. The molecule has 1 aromatic heterocycles. The zero-order valence-electron chi connectivity index (χ0n) is 7.76. The molecule has 78 valence electrons. The van der Waals surface area contributed by atoms with Crippen LogP contribution >= 0.6 is 22.9 Å². The third-order valence-electron chi connectivity index (χ3n) is 1.70. The molecular weight excluding hydrogens is 232 g/mol. The van der Waals surface area contributed by atoms with Crippen LogP contribution < -0.4 is 0 Å².